The number of para-hydroxylation sites is 2. The Morgan fingerprint density at radius 1 is 1.12 bits per heavy atom. The molecule has 8 nitrogen and oxygen atoms in total. The van der Waals surface area contributed by atoms with E-state index in [0.717, 1.165) is 24.2 Å². The normalized spacial score (nSPS) is 19.5. The van der Waals surface area contributed by atoms with Gasteiger partial charge < -0.3 is 14.2 Å². The topological polar surface area (TPSA) is 102 Å². The second-order valence-electron chi connectivity index (χ2n) is 6.53. The fourth-order valence-corrected chi connectivity index (χ4v) is 4.34. The molecule has 9 heteroatoms. The van der Waals surface area contributed by atoms with E-state index in [0.29, 0.717) is 12.8 Å². The largest absolute Gasteiger partial charge is 0.493 e. The van der Waals surface area contributed by atoms with Gasteiger partial charge in [0.1, 0.15) is 11.3 Å². The summed E-state index contributed by atoms with van der Waals surface area (Å²) in [5.74, 6) is -0.474. The number of hydrogen-bond donors (Lipinski definition) is 1. The van der Waals surface area contributed by atoms with Crippen molar-refractivity contribution >= 4 is 22.1 Å². The van der Waals surface area contributed by atoms with Gasteiger partial charge in [-0.15, -0.1) is 0 Å². The number of methoxy groups -OCH3 is 1. The summed E-state index contributed by atoms with van der Waals surface area (Å²) in [6.45, 7) is -0.246. The van der Waals surface area contributed by atoms with Gasteiger partial charge in [-0.2, -0.15) is 8.42 Å². The molecule has 2 fully saturated rings. The van der Waals surface area contributed by atoms with E-state index in [1.807, 2.05) is 0 Å². The van der Waals surface area contributed by atoms with Crippen molar-refractivity contribution in [1.29, 1.82) is 0 Å². The minimum absolute atomic E-state index is 0.0657. The third kappa shape index (κ3) is 3.62. The molecule has 1 saturated heterocycles. The first-order valence-corrected chi connectivity index (χ1v) is 10.1. The van der Waals surface area contributed by atoms with Gasteiger partial charge in [-0.3, -0.25) is 9.69 Å². The van der Waals surface area contributed by atoms with Gasteiger partial charge in [0.25, 0.3) is 5.91 Å². The number of imide groups is 1. The number of urea groups is 1. The second-order valence-corrected chi connectivity index (χ2v) is 8.22. The lowest BCUT2D eigenvalue weighted by molar-refractivity contribution is -0.132. The minimum atomic E-state index is -4.00. The van der Waals surface area contributed by atoms with Crippen molar-refractivity contribution < 1.29 is 26.9 Å². The number of nitrogens with zero attached hydrogens (tertiary/aromatic N) is 1. The van der Waals surface area contributed by atoms with Gasteiger partial charge in [0, 0.05) is 6.54 Å². The molecule has 1 aromatic carbocycles. The molecule has 0 unspecified atom stereocenters. The highest BCUT2D eigenvalue weighted by Gasteiger charge is 2.51. The number of rotatable bonds is 6. The van der Waals surface area contributed by atoms with Gasteiger partial charge in [0.05, 0.1) is 7.11 Å². The van der Waals surface area contributed by atoms with Gasteiger partial charge in [0.15, 0.2) is 11.5 Å². The van der Waals surface area contributed by atoms with E-state index in [9.17, 15) is 18.0 Å². The van der Waals surface area contributed by atoms with E-state index in [1.165, 1.54) is 13.2 Å². The van der Waals surface area contributed by atoms with Gasteiger partial charge >= 0.3 is 16.1 Å². The van der Waals surface area contributed by atoms with E-state index in [2.05, 4.69) is 5.32 Å². The van der Waals surface area contributed by atoms with Gasteiger partial charge in [0.2, 0.25) is 0 Å². The predicted molar refractivity (Wildman–Crippen MR) is 93.5 cm³/mol. The van der Waals surface area contributed by atoms with E-state index < -0.39 is 27.4 Å². The minimum Gasteiger partial charge on any atom is -0.493 e. The molecule has 3 rings (SSSR count). The third-order valence-electron chi connectivity index (χ3n) is 4.80. The lowest BCUT2D eigenvalue weighted by Gasteiger charge is -2.30. The predicted octanol–water partition coefficient (Wildman–Crippen LogP) is 1.66. The summed E-state index contributed by atoms with van der Waals surface area (Å²) in [6, 6.07) is 5.83. The van der Waals surface area contributed by atoms with Crippen LogP contribution in [0.3, 0.4) is 0 Å². The molecule has 1 aliphatic carbocycles. The molecule has 3 amide bonds. The van der Waals surface area contributed by atoms with E-state index in [-0.39, 0.29) is 24.0 Å². The fraction of sp³-hybridized carbons (Fsp3) is 0.529. The van der Waals surface area contributed by atoms with Crippen LogP contribution in [-0.4, -0.2) is 50.2 Å². The molecule has 1 saturated carbocycles. The number of carbonyl (C=O) groups is 2. The zero-order valence-electron chi connectivity index (χ0n) is 14.6. The number of ether oxygens (including phenoxy) is 1. The zero-order valence-corrected chi connectivity index (χ0v) is 15.4. The van der Waals surface area contributed by atoms with E-state index in [1.54, 1.807) is 18.2 Å². The van der Waals surface area contributed by atoms with Gasteiger partial charge in [-0.05, 0) is 25.0 Å². The summed E-state index contributed by atoms with van der Waals surface area (Å²) in [4.78, 5) is 25.8. The number of nitrogens with one attached hydrogen (secondary N) is 1. The Morgan fingerprint density at radius 2 is 1.77 bits per heavy atom. The number of hydrogen-bond acceptors (Lipinski definition) is 6. The average Bonchev–Trinajstić information content (AvgIpc) is 2.84. The number of amides is 3. The summed E-state index contributed by atoms with van der Waals surface area (Å²) in [7, 11) is -2.59. The Kier molecular flexibility index (Phi) is 5.08. The summed E-state index contributed by atoms with van der Waals surface area (Å²) in [6.07, 6.45) is 3.97. The Hall–Kier alpha value is -2.29. The molecule has 1 aromatic rings. The first-order valence-electron chi connectivity index (χ1n) is 8.56. The average molecular weight is 382 g/mol. The van der Waals surface area contributed by atoms with Crippen molar-refractivity contribution in [2.75, 3.05) is 19.4 Å². The molecule has 0 bridgehead atoms. The SMILES string of the molecule is COc1ccccc1OS(=O)(=O)CCN1C(=O)NC2(CCCCC2)C1=O. The maximum atomic E-state index is 12.7. The van der Waals surface area contributed by atoms with Crippen molar-refractivity contribution in [3.63, 3.8) is 0 Å². The van der Waals surface area contributed by atoms with Crippen molar-refractivity contribution in [2.24, 2.45) is 0 Å². The Morgan fingerprint density at radius 3 is 2.42 bits per heavy atom. The zero-order chi connectivity index (χ0) is 18.8. The molecule has 142 valence electrons. The van der Waals surface area contributed by atoms with Crippen molar-refractivity contribution in [1.82, 2.24) is 10.2 Å². The molecular formula is C17H22N2O6S. The number of benzene rings is 1. The van der Waals surface area contributed by atoms with E-state index >= 15 is 0 Å². The van der Waals surface area contributed by atoms with Crippen LogP contribution < -0.4 is 14.2 Å². The molecular weight excluding hydrogens is 360 g/mol. The highest BCUT2D eigenvalue weighted by atomic mass is 32.2. The molecule has 0 aromatic heterocycles. The summed E-state index contributed by atoms with van der Waals surface area (Å²) in [5.41, 5.74) is -0.859. The van der Waals surface area contributed by atoms with Crippen molar-refractivity contribution in [3.05, 3.63) is 24.3 Å². The molecule has 2 aliphatic rings. The van der Waals surface area contributed by atoms with Crippen LogP contribution >= 0.6 is 0 Å². The van der Waals surface area contributed by atoms with Crippen LogP contribution in [0.5, 0.6) is 11.5 Å². The maximum Gasteiger partial charge on any atom is 0.325 e. The highest BCUT2D eigenvalue weighted by Crippen LogP contribution is 2.33. The van der Waals surface area contributed by atoms with Crippen LogP contribution in [0.2, 0.25) is 0 Å². The molecule has 1 N–H and O–H groups in total. The van der Waals surface area contributed by atoms with Crippen LogP contribution in [0.4, 0.5) is 4.79 Å². The fourth-order valence-electron chi connectivity index (χ4n) is 3.44. The molecule has 1 aliphatic heterocycles. The van der Waals surface area contributed by atoms with Gasteiger partial charge in [-0.1, -0.05) is 31.4 Å². The summed E-state index contributed by atoms with van der Waals surface area (Å²) < 4.78 is 34.6. The van der Waals surface area contributed by atoms with Crippen LogP contribution in [-0.2, 0) is 14.9 Å². The summed E-state index contributed by atoms with van der Waals surface area (Å²) in [5, 5.41) is 2.76. The smallest absolute Gasteiger partial charge is 0.325 e. The molecule has 26 heavy (non-hydrogen) atoms. The van der Waals surface area contributed by atoms with Crippen molar-refractivity contribution in [2.45, 2.75) is 37.6 Å². The van der Waals surface area contributed by atoms with Crippen LogP contribution in [0.25, 0.3) is 0 Å². The van der Waals surface area contributed by atoms with Crippen LogP contribution in [0, 0.1) is 0 Å². The Bertz CT molecular complexity index is 801. The van der Waals surface area contributed by atoms with Gasteiger partial charge in [-0.25, -0.2) is 4.79 Å². The standard InChI is InChI=1S/C17H22N2O6S/c1-24-13-7-3-4-8-14(13)25-26(22,23)12-11-19-15(20)17(18-16(19)21)9-5-2-6-10-17/h3-4,7-8H,2,5-6,9-12H2,1H3,(H,18,21). The third-order valence-corrected chi connectivity index (χ3v) is 5.92. The maximum absolute atomic E-state index is 12.7. The van der Waals surface area contributed by atoms with Crippen molar-refractivity contribution in [3.8, 4) is 11.5 Å². The quantitative estimate of drug-likeness (QED) is 0.593. The van der Waals surface area contributed by atoms with Crippen LogP contribution in [0.1, 0.15) is 32.1 Å². The lowest BCUT2D eigenvalue weighted by atomic mass is 9.82. The summed E-state index contributed by atoms with van der Waals surface area (Å²) >= 11 is 0. The molecule has 1 spiro atoms. The first kappa shape index (κ1) is 18.5. The monoisotopic (exact) mass is 382 g/mol. The highest BCUT2D eigenvalue weighted by molar-refractivity contribution is 7.87. The molecule has 0 radical (unpaired) electrons. The first-order chi connectivity index (χ1) is 12.4. The Balaban J connectivity index is 1.66. The van der Waals surface area contributed by atoms with Crippen LogP contribution in [0.15, 0.2) is 24.3 Å². The Labute approximate surface area is 152 Å². The number of carbonyl (C=O) groups excluding carboxylic acids is 2. The lowest BCUT2D eigenvalue weighted by Crippen LogP contribution is -2.48. The second kappa shape index (κ2) is 7.14. The van der Waals surface area contributed by atoms with E-state index in [4.69, 9.17) is 8.92 Å². The molecule has 0 atom stereocenters. The molecule has 1 heterocycles.